The number of nitrogens with two attached hydrogens (primary N) is 2. The molecule has 0 aromatic rings. The SMILES string of the molecule is NOP(N)O. The monoisotopic (exact) mass is 96.0 g/mol. The third kappa shape index (κ3) is 4.27. The molecule has 5 N–H and O–H groups in total. The van der Waals surface area contributed by atoms with Crippen molar-refractivity contribution in [1.82, 2.24) is 0 Å². The normalized spacial score (nSPS) is 15.0. The van der Waals surface area contributed by atoms with Crippen LogP contribution in [0.4, 0.5) is 0 Å². The van der Waals surface area contributed by atoms with Gasteiger partial charge in [0.15, 0.2) is 0 Å². The van der Waals surface area contributed by atoms with E-state index < -0.39 is 8.53 Å². The second-order valence-corrected chi connectivity index (χ2v) is 1.22. The van der Waals surface area contributed by atoms with Crippen LogP contribution in [0.2, 0.25) is 0 Å². The summed E-state index contributed by atoms with van der Waals surface area (Å²) in [6.07, 6.45) is 0. The van der Waals surface area contributed by atoms with Crippen LogP contribution in [-0.4, -0.2) is 4.89 Å². The molecule has 0 aliphatic carbocycles. The van der Waals surface area contributed by atoms with Crippen LogP contribution >= 0.6 is 8.53 Å². The molecule has 0 spiro atoms. The van der Waals surface area contributed by atoms with E-state index in [2.05, 4.69) is 16.0 Å². The molecule has 0 radical (unpaired) electrons. The van der Waals surface area contributed by atoms with Crippen molar-refractivity contribution in [2.24, 2.45) is 11.4 Å². The Labute approximate surface area is 30.6 Å². The molecule has 0 saturated carbocycles. The van der Waals surface area contributed by atoms with Crippen LogP contribution in [0.1, 0.15) is 0 Å². The molecule has 5 heteroatoms. The zero-order valence-corrected chi connectivity index (χ0v) is 3.35. The van der Waals surface area contributed by atoms with E-state index in [1.165, 1.54) is 0 Å². The van der Waals surface area contributed by atoms with E-state index in [1.807, 2.05) is 0 Å². The summed E-state index contributed by atoms with van der Waals surface area (Å²) >= 11 is 0. The fourth-order valence-electron chi connectivity index (χ4n) is 0. The molecule has 1 unspecified atom stereocenters. The highest BCUT2D eigenvalue weighted by molar-refractivity contribution is 7.43. The van der Waals surface area contributed by atoms with Gasteiger partial charge in [-0.05, 0) is 0 Å². The molecule has 0 aromatic carbocycles. The summed E-state index contributed by atoms with van der Waals surface area (Å²) in [4.78, 5) is 7.86. The Kier molecular flexibility index (Phi) is 2.64. The lowest BCUT2D eigenvalue weighted by molar-refractivity contribution is 0.325. The molecule has 0 saturated heterocycles. The topological polar surface area (TPSA) is 81.5 Å². The molecule has 0 bridgehead atoms. The van der Waals surface area contributed by atoms with Crippen molar-refractivity contribution in [3.63, 3.8) is 0 Å². The zero-order chi connectivity index (χ0) is 4.28. The Bertz CT molecular complexity index is 21.6. The van der Waals surface area contributed by atoms with Crippen LogP contribution in [0.15, 0.2) is 0 Å². The first-order chi connectivity index (χ1) is 2.27. The Morgan fingerprint density at radius 2 is 2.00 bits per heavy atom. The lowest BCUT2D eigenvalue weighted by Crippen LogP contribution is -1.97. The van der Waals surface area contributed by atoms with Gasteiger partial charge in [0.2, 0.25) is 0 Å². The predicted octanol–water partition coefficient (Wildman–Crippen LogP) is -0.945. The minimum atomic E-state index is -1.82. The van der Waals surface area contributed by atoms with Crippen molar-refractivity contribution in [1.29, 1.82) is 0 Å². The molecule has 0 aliphatic rings. The van der Waals surface area contributed by atoms with Gasteiger partial charge in [0.05, 0.1) is 0 Å². The quantitative estimate of drug-likeness (QED) is 0.290. The van der Waals surface area contributed by atoms with E-state index in [9.17, 15) is 0 Å². The lowest BCUT2D eigenvalue weighted by atomic mass is 13.6. The second kappa shape index (κ2) is 2.50. The maximum Gasteiger partial charge on any atom is 0.267 e. The molecule has 0 aromatic heterocycles. The number of hydrogen-bond acceptors (Lipinski definition) is 4. The third-order valence-corrected chi connectivity index (χ3v) is 0.324. The van der Waals surface area contributed by atoms with Gasteiger partial charge in [0.1, 0.15) is 0 Å². The molecule has 0 rings (SSSR count). The standard InChI is InChI=1S/H5N2O2P/c1-4-5(2)3/h3H,1-2H2. The Morgan fingerprint density at radius 3 is 2.00 bits per heavy atom. The van der Waals surface area contributed by atoms with Gasteiger partial charge in [0.25, 0.3) is 8.53 Å². The number of hydrogen-bond donors (Lipinski definition) is 3. The average molecular weight is 96.0 g/mol. The van der Waals surface area contributed by atoms with Gasteiger partial charge in [0, 0.05) is 0 Å². The number of rotatable bonds is 1. The van der Waals surface area contributed by atoms with Crippen LogP contribution in [0.3, 0.4) is 0 Å². The largest absolute Gasteiger partial charge is 0.337 e. The Balaban J connectivity index is 2.54. The third-order valence-electron chi connectivity index (χ3n) is 0.108. The molecule has 32 valence electrons. The molecule has 0 amide bonds. The summed E-state index contributed by atoms with van der Waals surface area (Å²) in [5.74, 6) is 4.33. The maximum atomic E-state index is 7.86. The fraction of sp³-hybridized carbons (Fsp3) is 0. The smallest absolute Gasteiger partial charge is 0.267 e. The van der Waals surface area contributed by atoms with Crippen molar-refractivity contribution in [3.05, 3.63) is 0 Å². The van der Waals surface area contributed by atoms with Gasteiger partial charge in [-0.25, -0.2) is 10.5 Å². The van der Waals surface area contributed by atoms with Crippen molar-refractivity contribution in [2.75, 3.05) is 0 Å². The maximum absolute atomic E-state index is 7.86. The van der Waals surface area contributed by atoms with E-state index in [-0.39, 0.29) is 0 Å². The lowest BCUT2D eigenvalue weighted by Gasteiger charge is -1.90. The molecule has 1 atom stereocenters. The predicted molar refractivity (Wildman–Crippen MR) is 18.6 cm³/mol. The summed E-state index contributed by atoms with van der Waals surface area (Å²) in [5, 5.41) is 0. The highest BCUT2D eigenvalue weighted by atomic mass is 31.2. The highest BCUT2D eigenvalue weighted by Crippen LogP contribution is 2.13. The first-order valence-corrected chi connectivity index (χ1v) is 2.16. The van der Waals surface area contributed by atoms with E-state index in [0.29, 0.717) is 0 Å². The van der Waals surface area contributed by atoms with Crippen LogP contribution in [0.25, 0.3) is 0 Å². The Hall–Kier alpha value is 0.270. The van der Waals surface area contributed by atoms with Crippen molar-refractivity contribution >= 4 is 8.53 Å². The highest BCUT2D eigenvalue weighted by Gasteiger charge is 1.84. The van der Waals surface area contributed by atoms with Gasteiger partial charge >= 0.3 is 0 Å². The summed E-state index contributed by atoms with van der Waals surface area (Å²) < 4.78 is 3.65. The molecular weight excluding hydrogens is 91.0 g/mol. The van der Waals surface area contributed by atoms with Crippen LogP contribution in [0.5, 0.6) is 0 Å². The molecule has 5 heavy (non-hydrogen) atoms. The van der Waals surface area contributed by atoms with Crippen LogP contribution in [-0.2, 0) is 4.62 Å². The van der Waals surface area contributed by atoms with E-state index in [0.717, 1.165) is 0 Å². The van der Waals surface area contributed by atoms with E-state index >= 15 is 0 Å². The molecule has 4 nitrogen and oxygen atoms in total. The summed E-state index contributed by atoms with van der Waals surface area (Å²) in [6.45, 7) is 0. The average Bonchev–Trinajstić information content (AvgIpc) is 1.38. The molecular formula is H5N2O2P. The summed E-state index contributed by atoms with van der Waals surface area (Å²) in [7, 11) is -1.82. The van der Waals surface area contributed by atoms with Gasteiger partial charge < -0.3 is 4.89 Å². The molecule has 0 heterocycles. The minimum Gasteiger partial charge on any atom is -0.337 e. The Morgan fingerprint density at radius 1 is 1.80 bits per heavy atom. The fourth-order valence-corrected chi connectivity index (χ4v) is 0. The van der Waals surface area contributed by atoms with Crippen molar-refractivity contribution in [3.8, 4) is 0 Å². The van der Waals surface area contributed by atoms with Gasteiger partial charge in [-0.2, -0.15) is 0 Å². The summed E-state index contributed by atoms with van der Waals surface area (Å²) in [6, 6.07) is 0. The van der Waals surface area contributed by atoms with Crippen molar-refractivity contribution < 1.29 is 9.52 Å². The van der Waals surface area contributed by atoms with Crippen LogP contribution < -0.4 is 11.4 Å². The molecule has 0 aliphatic heterocycles. The first kappa shape index (κ1) is 5.27. The van der Waals surface area contributed by atoms with Gasteiger partial charge in [-0.3, -0.25) is 5.50 Å². The second-order valence-electron chi connectivity index (χ2n) is 0.408. The van der Waals surface area contributed by atoms with E-state index in [4.69, 9.17) is 4.89 Å². The van der Waals surface area contributed by atoms with E-state index in [1.54, 1.807) is 0 Å². The van der Waals surface area contributed by atoms with Gasteiger partial charge in [-0.1, -0.05) is 0 Å². The zero-order valence-electron chi connectivity index (χ0n) is 2.46. The minimum absolute atomic E-state index is 1.82. The summed E-state index contributed by atoms with van der Waals surface area (Å²) in [5.41, 5.74) is 4.56. The molecule has 0 fully saturated rings. The van der Waals surface area contributed by atoms with Crippen molar-refractivity contribution in [2.45, 2.75) is 0 Å². The van der Waals surface area contributed by atoms with Crippen LogP contribution in [0, 0.1) is 0 Å². The van der Waals surface area contributed by atoms with Gasteiger partial charge in [-0.15, -0.1) is 0 Å². The first-order valence-electron chi connectivity index (χ1n) is 0.876.